The number of nitrogens with one attached hydrogen (secondary N) is 3. The van der Waals surface area contributed by atoms with Crippen LogP contribution in [0.25, 0.3) is 0 Å². The van der Waals surface area contributed by atoms with Crippen LogP contribution in [0.2, 0.25) is 0 Å². The summed E-state index contributed by atoms with van der Waals surface area (Å²) in [5, 5.41) is 2.54. The molecule has 0 bridgehead atoms. The molecule has 1 amide bonds. The molecule has 1 unspecified atom stereocenters. The Morgan fingerprint density at radius 3 is 1.93 bits per heavy atom. The highest BCUT2D eigenvalue weighted by molar-refractivity contribution is 5.89. The van der Waals surface area contributed by atoms with Crippen LogP contribution < -0.4 is 16.3 Å². The van der Waals surface area contributed by atoms with Crippen LogP contribution >= 0.6 is 0 Å². The van der Waals surface area contributed by atoms with E-state index in [0.29, 0.717) is 36.9 Å². The Bertz CT molecular complexity index is 783. The van der Waals surface area contributed by atoms with Gasteiger partial charge >= 0.3 is 11.9 Å². The summed E-state index contributed by atoms with van der Waals surface area (Å²) in [6.45, 7) is 0.433. The highest BCUT2D eigenvalue weighted by Gasteiger charge is 2.19. The predicted octanol–water partition coefficient (Wildman–Crippen LogP) is 1.99. The summed E-state index contributed by atoms with van der Waals surface area (Å²) in [6, 6.07) is 16.5. The third kappa shape index (κ3) is 7.73. The molecule has 0 aliphatic carbocycles. The Kier molecular flexibility index (Phi) is 9.34. The lowest BCUT2D eigenvalue weighted by atomic mass is 10.1. The molecule has 0 aliphatic rings. The van der Waals surface area contributed by atoms with Crippen LogP contribution in [-0.2, 0) is 14.5 Å². The first-order chi connectivity index (χ1) is 14.1. The van der Waals surface area contributed by atoms with Gasteiger partial charge in [0.1, 0.15) is 6.04 Å². The van der Waals surface area contributed by atoms with E-state index >= 15 is 0 Å². The van der Waals surface area contributed by atoms with Crippen LogP contribution in [0.1, 0.15) is 40.0 Å². The number of unbranched alkanes of at least 4 members (excludes halogenated alkanes) is 1. The van der Waals surface area contributed by atoms with Gasteiger partial charge in [-0.05, 0) is 43.5 Å². The van der Waals surface area contributed by atoms with Crippen molar-refractivity contribution in [3.05, 3.63) is 71.8 Å². The average Bonchev–Trinajstić information content (AvgIpc) is 2.78. The SMILES string of the molecule is CNC(=O)C(CCCCNOC(=O)c1ccccc1)NOC(=O)c1ccccc1. The van der Waals surface area contributed by atoms with Crippen molar-refractivity contribution >= 4 is 17.8 Å². The summed E-state index contributed by atoms with van der Waals surface area (Å²) in [4.78, 5) is 45.8. The van der Waals surface area contributed by atoms with Crippen LogP contribution in [0.15, 0.2) is 60.7 Å². The van der Waals surface area contributed by atoms with Crippen molar-refractivity contribution in [2.24, 2.45) is 0 Å². The van der Waals surface area contributed by atoms with E-state index in [1.807, 2.05) is 6.07 Å². The van der Waals surface area contributed by atoms with Gasteiger partial charge in [-0.25, -0.2) is 9.59 Å². The number of benzene rings is 2. The zero-order valence-electron chi connectivity index (χ0n) is 16.2. The predicted molar refractivity (Wildman–Crippen MR) is 107 cm³/mol. The van der Waals surface area contributed by atoms with Crippen molar-refractivity contribution in [2.45, 2.75) is 25.3 Å². The van der Waals surface area contributed by atoms with E-state index in [2.05, 4.69) is 16.3 Å². The molecule has 0 saturated heterocycles. The van der Waals surface area contributed by atoms with Gasteiger partial charge in [0.05, 0.1) is 11.1 Å². The zero-order chi connectivity index (χ0) is 20.9. The second-order valence-corrected chi connectivity index (χ2v) is 6.19. The van der Waals surface area contributed by atoms with Crippen molar-refractivity contribution < 1.29 is 24.1 Å². The highest BCUT2D eigenvalue weighted by Crippen LogP contribution is 2.05. The van der Waals surface area contributed by atoms with Crippen molar-refractivity contribution in [1.82, 2.24) is 16.3 Å². The van der Waals surface area contributed by atoms with E-state index in [-0.39, 0.29) is 5.91 Å². The Morgan fingerprint density at radius 2 is 1.38 bits per heavy atom. The third-order valence-electron chi connectivity index (χ3n) is 4.06. The van der Waals surface area contributed by atoms with E-state index in [4.69, 9.17) is 9.68 Å². The molecule has 8 heteroatoms. The second kappa shape index (κ2) is 12.3. The minimum atomic E-state index is -0.681. The molecule has 154 valence electrons. The molecule has 8 nitrogen and oxygen atoms in total. The molecular weight excluding hydrogens is 374 g/mol. The molecule has 1 atom stereocenters. The molecular formula is C21H25N3O5. The van der Waals surface area contributed by atoms with E-state index in [9.17, 15) is 14.4 Å². The monoisotopic (exact) mass is 399 g/mol. The van der Waals surface area contributed by atoms with E-state index in [0.717, 1.165) is 0 Å². The lowest BCUT2D eigenvalue weighted by molar-refractivity contribution is -0.125. The normalized spacial score (nSPS) is 11.3. The standard InChI is InChI=1S/C21H25N3O5/c1-22-19(25)18(24-29-21(27)17-12-6-3-7-13-17)14-8-9-15-23-28-20(26)16-10-4-2-5-11-16/h2-7,10-13,18,23-24H,8-9,14-15H2,1H3,(H,22,25). The Labute approximate surface area is 169 Å². The van der Waals surface area contributed by atoms with Crippen molar-refractivity contribution in [1.29, 1.82) is 0 Å². The number of hydrogen-bond acceptors (Lipinski definition) is 7. The maximum Gasteiger partial charge on any atom is 0.356 e. The topological polar surface area (TPSA) is 106 Å². The lowest BCUT2D eigenvalue weighted by Crippen LogP contribution is -2.43. The number of amides is 1. The average molecular weight is 399 g/mol. The first-order valence-corrected chi connectivity index (χ1v) is 9.34. The number of carbonyl (C=O) groups excluding carboxylic acids is 3. The summed E-state index contributed by atoms with van der Waals surface area (Å²) in [5.74, 6) is -1.30. The number of rotatable bonds is 11. The molecule has 0 heterocycles. The van der Waals surface area contributed by atoms with Gasteiger partial charge < -0.3 is 15.0 Å². The Balaban J connectivity index is 1.67. The molecule has 2 aromatic carbocycles. The molecule has 0 fully saturated rings. The molecule has 0 aromatic heterocycles. The quantitative estimate of drug-likeness (QED) is 0.392. The van der Waals surface area contributed by atoms with Crippen molar-refractivity contribution in [3.8, 4) is 0 Å². The molecule has 0 aliphatic heterocycles. The van der Waals surface area contributed by atoms with Crippen LogP contribution in [0.5, 0.6) is 0 Å². The smallest absolute Gasteiger partial charge is 0.356 e. The largest absolute Gasteiger partial charge is 0.367 e. The number of hydroxylamine groups is 2. The van der Waals surface area contributed by atoms with E-state index in [1.54, 1.807) is 54.6 Å². The third-order valence-corrected chi connectivity index (χ3v) is 4.06. The fourth-order valence-electron chi connectivity index (χ4n) is 2.47. The van der Waals surface area contributed by atoms with Gasteiger partial charge in [0.15, 0.2) is 0 Å². The van der Waals surface area contributed by atoms with Gasteiger partial charge in [0.25, 0.3) is 0 Å². The molecule has 29 heavy (non-hydrogen) atoms. The first-order valence-electron chi connectivity index (χ1n) is 9.34. The van der Waals surface area contributed by atoms with Crippen molar-refractivity contribution in [2.75, 3.05) is 13.6 Å². The van der Waals surface area contributed by atoms with Crippen LogP contribution in [-0.4, -0.2) is 37.5 Å². The van der Waals surface area contributed by atoms with Crippen LogP contribution in [0.4, 0.5) is 0 Å². The number of carbonyl (C=O) groups is 3. The van der Waals surface area contributed by atoms with Crippen LogP contribution in [0, 0.1) is 0 Å². The number of hydrogen-bond donors (Lipinski definition) is 3. The van der Waals surface area contributed by atoms with Gasteiger partial charge in [0.2, 0.25) is 5.91 Å². The van der Waals surface area contributed by atoms with Gasteiger partial charge in [-0.3, -0.25) is 4.79 Å². The Hall–Kier alpha value is -3.23. The maximum absolute atomic E-state index is 12.0. The lowest BCUT2D eigenvalue weighted by Gasteiger charge is -2.16. The summed E-state index contributed by atoms with van der Waals surface area (Å²) in [7, 11) is 1.51. The van der Waals surface area contributed by atoms with Gasteiger partial charge in [-0.15, -0.1) is 5.48 Å². The fraction of sp³-hybridized carbons (Fsp3) is 0.286. The van der Waals surface area contributed by atoms with E-state index in [1.165, 1.54) is 7.05 Å². The number of likely N-dealkylation sites (N-methyl/N-ethyl adjacent to an activating group) is 1. The van der Waals surface area contributed by atoms with E-state index < -0.39 is 18.0 Å². The fourth-order valence-corrected chi connectivity index (χ4v) is 2.47. The molecule has 2 aromatic rings. The van der Waals surface area contributed by atoms with Gasteiger partial charge in [-0.1, -0.05) is 36.4 Å². The minimum Gasteiger partial charge on any atom is -0.367 e. The summed E-state index contributed by atoms with van der Waals surface area (Å²) in [5.41, 5.74) is 6.00. The summed E-state index contributed by atoms with van der Waals surface area (Å²) >= 11 is 0. The van der Waals surface area contributed by atoms with Gasteiger partial charge in [0, 0.05) is 13.6 Å². The first kappa shape index (κ1) is 22.1. The maximum atomic E-state index is 12.0. The molecule has 2 rings (SSSR count). The van der Waals surface area contributed by atoms with Gasteiger partial charge in [-0.2, -0.15) is 5.48 Å². The summed E-state index contributed by atoms with van der Waals surface area (Å²) in [6.07, 6.45) is 1.74. The summed E-state index contributed by atoms with van der Waals surface area (Å²) < 4.78 is 0. The molecule has 0 radical (unpaired) electrons. The molecule has 0 spiro atoms. The van der Waals surface area contributed by atoms with Crippen LogP contribution in [0.3, 0.4) is 0 Å². The minimum absolute atomic E-state index is 0.283. The van der Waals surface area contributed by atoms with Crippen molar-refractivity contribution in [3.63, 3.8) is 0 Å². The molecule has 0 saturated carbocycles. The Morgan fingerprint density at radius 1 is 0.828 bits per heavy atom. The highest BCUT2D eigenvalue weighted by atomic mass is 16.7. The molecule has 3 N–H and O–H groups in total. The zero-order valence-corrected chi connectivity index (χ0v) is 16.2. The second-order valence-electron chi connectivity index (χ2n) is 6.19.